The quantitative estimate of drug-likeness (QED) is 0.485. The van der Waals surface area contributed by atoms with Crippen LogP contribution in [0.1, 0.15) is 18.8 Å². The van der Waals surface area contributed by atoms with Gasteiger partial charge in [0, 0.05) is 20.2 Å². The van der Waals surface area contributed by atoms with Gasteiger partial charge in [0.25, 0.3) is 0 Å². The zero-order valence-corrected chi connectivity index (χ0v) is 16.7. The van der Waals surface area contributed by atoms with Gasteiger partial charge < -0.3 is 4.42 Å². The van der Waals surface area contributed by atoms with E-state index in [0.29, 0.717) is 11.3 Å². The zero-order chi connectivity index (χ0) is 20.8. The molecule has 0 saturated carbocycles. The van der Waals surface area contributed by atoms with Crippen LogP contribution >= 0.6 is 0 Å². The molecule has 1 atom stereocenters. The van der Waals surface area contributed by atoms with E-state index >= 15 is 0 Å². The van der Waals surface area contributed by atoms with Crippen LogP contribution in [0.3, 0.4) is 0 Å². The van der Waals surface area contributed by atoms with Crippen molar-refractivity contribution in [3.8, 4) is 5.69 Å². The van der Waals surface area contributed by atoms with E-state index in [0.717, 1.165) is 9.99 Å². The van der Waals surface area contributed by atoms with Crippen LogP contribution in [0.15, 0.2) is 62.6 Å². The smallest absolute Gasteiger partial charge is 0.408 e. The van der Waals surface area contributed by atoms with Gasteiger partial charge in [0.05, 0.1) is 22.1 Å². The van der Waals surface area contributed by atoms with E-state index in [1.807, 2.05) is 30.3 Å². The van der Waals surface area contributed by atoms with Crippen molar-refractivity contribution in [3.63, 3.8) is 0 Å². The average Bonchev–Trinajstić information content (AvgIpc) is 3.31. The third-order valence-corrected chi connectivity index (χ3v) is 6.43. The SMILES string of the molecule is CC(c1nnnn1-c1ccccc1)n1c(=O)oc2cc(S(=O)(=O)N(C)C)ccc21. The van der Waals surface area contributed by atoms with E-state index in [4.69, 9.17) is 4.42 Å². The summed E-state index contributed by atoms with van der Waals surface area (Å²) in [6.07, 6.45) is 0. The van der Waals surface area contributed by atoms with E-state index < -0.39 is 21.8 Å². The predicted octanol–water partition coefficient (Wildman–Crippen LogP) is 1.43. The second kappa shape index (κ2) is 6.94. The van der Waals surface area contributed by atoms with Gasteiger partial charge in [-0.3, -0.25) is 4.57 Å². The number of hydrogen-bond acceptors (Lipinski definition) is 7. The van der Waals surface area contributed by atoms with Crippen molar-refractivity contribution in [2.75, 3.05) is 14.1 Å². The number of rotatable bonds is 5. The third-order valence-electron chi connectivity index (χ3n) is 4.62. The van der Waals surface area contributed by atoms with Gasteiger partial charge in [-0.25, -0.2) is 17.5 Å². The minimum Gasteiger partial charge on any atom is -0.408 e. The van der Waals surface area contributed by atoms with E-state index in [9.17, 15) is 13.2 Å². The first-order valence-electron chi connectivity index (χ1n) is 8.72. The number of nitrogens with zero attached hydrogens (tertiary/aromatic N) is 6. The highest BCUT2D eigenvalue weighted by Crippen LogP contribution is 2.25. The average molecular weight is 414 g/mol. The fraction of sp³-hybridized carbons (Fsp3) is 0.222. The van der Waals surface area contributed by atoms with E-state index in [1.165, 1.54) is 30.8 Å². The molecule has 0 spiro atoms. The summed E-state index contributed by atoms with van der Waals surface area (Å²) in [5.74, 6) is -0.194. The molecule has 150 valence electrons. The van der Waals surface area contributed by atoms with Crippen LogP contribution in [0.5, 0.6) is 0 Å². The predicted molar refractivity (Wildman–Crippen MR) is 104 cm³/mol. The highest BCUT2D eigenvalue weighted by Gasteiger charge is 2.24. The Morgan fingerprint density at radius 1 is 1.10 bits per heavy atom. The molecule has 0 fully saturated rings. The molecule has 1 unspecified atom stereocenters. The Kier molecular flexibility index (Phi) is 4.55. The summed E-state index contributed by atoms with van der Waals surface area (Å²) in [6.45, 7) is 1.77. The minimum absolute atomic E-state index is 0.0395. The van der Waals surface area contributed by atoms with Gasteiger partial charge in [-0.1, -0.05) is 18.2 Å². The molecule has 2 heterocycles. The molecule has 11 heteroatoms. The van der Waals surface area contributed by atoms with Crippen LogP contribution < -0.4 is 5.76 Å². The lowest BCUT2D eigenvalue weighted by atomic mass is 10.2. The van der Waals surface area contributed by atoms with Crippen molar-refractivity contribution in [3.05, 3.63) is 64.9 Å². The second-order valence-electron chi connectivity index (χ2n) is 6.62. The Hall–Kier alpha value is -3.31. The summed E-state index contributed by atoms with van der Waals surface area (Å²) < 4.78 is 34.1. The van der Waals surface area contributed by atoms with Crippen molar-refractivity contribution in [2.45, 2.75) is 17.9 Å². The Morgan fingerprint density at radius 3 is 2.52 bits per heavy atom. The van der Waals surface area contributed by atoms with Crippen LogP contribution in [-0.4, -0.2) is 51.6 Å². The Balaban J connectivity index is 1.83. The topological polar surface area (TPSA) is 116 Å². The lowest BCUT2D eigenvalue weighted by Crippen LogP contribution is -2.22. The van der Waals surface area contributed by atoms with Gasteiger partial charge in [0.1, 0.15) is 0 Å². The molecule has 0 bridgehead atoms. The van der Waals surface area contributed by atoms with Crippen LogP contribution in [0.25, 0.3) is 16.8 Å². The molecule has 10 nitrogen and oxygen atoms in total. The zero-order valence-electron chi connectivity index (χ0n) is 15.9. The normalized spacial score (nSPS) is 13.2. The van der Waals surface area contributed by atoms with Gasteiger partial charge >= 0.3 is 5.76 Å². The maximum atomic E-state index is 12.6. The summed E-state index contributed by atoms with van der Waals surface area (Å²) in [5, 5.41) is 11.8. The van der Waals surface area contributed by atoms with Crippen LogP contribution in [-0.2, 0) is 10.0 Å². The Morgan fingerprint density at radius 2 is 1.83 bits per heavy atom. The molecule has 0 amide bonds. The van der Waals surface area contributed by atoms with E-state index in [1.54, 1.807) is 17.7 Å². The largest absolute Gasteiger partial charge is 0.420 e. The maximum Gasteiger partial charge on any atom is 0.420 e. The molecule has 0 N–H and O–H groups in total. The van der Waals surface area contributed by atoms with Crippen molar-refractivity contribution in [1.82, 2.24) is 29.1 Å². The number of benzene rings is 2. The second-order valence-corrected chi connectivity index (χ2v) is 8.77. The summed E-state index contributed by atoms with van der Waals surface area (Å²) in [6, 6.07) is 13.1. The molecule has 0 aliphatic rings. The highest BCUT2D eigenvalue weighted by atomic mass is 32.2. The molecule has 4 rings (SSSR count). The molecule has 0 radical (unpaired) electrons. The van der Waals surface area contributed by atoms with Crippen molar-refractivity contribution < 1.29 is 12.8 Å². The number of para-hydroxylation sites is 1. The molecular weight excluding hydrogens is 396 g/mol. The summed E-state index contributed by atoms with van der Waals surface area (Å²) in [4.78, 5) is 12.6. The summed E-state index contributed by atoms with van der Waals surface area (Å²) >= 11 is 0. The number of oxazole rings is 1. The lowest BCUT2D eigenvalue weighted by Gasteiger charge is -2.13. The fourth-order valence-electron chi connectivity index (χ4n) is 3.08. The van der Waals surface area contributed by atoms with Gasteiger partial charge in [-0.05, 0) is 41.6 Å². The number of tetrazole rings is 1. The molecular formula is C18H18N6O4S. The van der Waals surface area contributed by atoms with Gasteiger partial charge in [0.2, 0.25) is 10.0 Å². The molecule has 0 aliphatic heterocycles. The Bertz CT molecular complexity index is 1340. The summed E-state index contributed by atoms with van der Waals surface area (Å²) in [7, 11) is -0.779. The fourth-order valence-corrected chi connectivity index (χ4v) is 4.00. The maximum absolute atomic E-state index is 12.6. The van der Waals surface area contributed by atoms with E-state index in [2.05, 4.69) is 15.5 Å². The molecule has 2 aromatic carbocycles. The standard InChI is InChI=1S/C18H18N6O4S/c1-12(17-19-20-21-24(17)13-7-5-4-6-8-13)23-15-10-9-14(29(26,27)22(2)3)11-16(15)28-18(23)25/h4-12H,1-3H3. The molecule has 29 heavy (non-hydrogen) atoms. The van der Waals surface area contributed by atoms with Crippen LogP contribution in [0.2, 0.25) is 0 Å². The molecule has 2 aromatic heterocycles. The minimum atomic E-state index is -3.65. The number of hydrogen-bond donors (Lipinski definition) is 0. The van der Waals surface area contributed by atoms with Crippen molar-refractivity contribution in [2.24, 2.45) is 0 Å². The highest BCUT2D eigenvalue weighted by molar-refractivity contribution is 7.89. The first-order chi connectivity index (χ1) is 13.8. The lowest BCUT2D eigenvalue weighted by molar-refractivity contribution is 0.475. The monoisotopic (exact) mass is 414 g/mol. The van der Waals surface area contributed by atoms with Crippen molar-refractivity contribution >= 4 is 21.1 Å². The number of fused-ring (bicyclic) bond motifs is 1. The Labute approximate surface area is 166 Å². The molecule has 0 aliphatic carbocycles. The van der Waals surface area contributed by atoms with Crippen LogP contribution in [0, 0.1) is 0 Å². The van der Waals surface area contributed by atoms with Gasteiger partial charge in [-0.2, -0.15) is 4.68 Å². The van der Waals surface area contributed by atoms with Crippen LogP contribution in [0.4, 0.5) is 0 Å². The van der Waals surface area contributed by atoms with Gasteiger partial charge in [0.15, 0.2) is 11.4 Å². The van der Waals surface area contributed by atoms with Crippen molar-refractivity contribution in [1.29, 1.82) is 0 Å². The number of sulfonamides is 1. The molecule has 0 saturated heterocycles. The number of aromatic nitrogens is 5. The summed E-state index contributed by atoms with van der Waals surface area (Å²) in [5.41, 5.74) is 1.37. The third kappa shape index (κ3) is 3.13. The van der Waals surface area contributed by atoms with Gasteiger partial charge in [-0.15, -0.1) is 5.10 Å². The molecule has 4 aromatic rings. The van der Waals surface area contributed by atoms with E-state index in [-0.39, 0.29) is 10.5 Å². The first-order valence-corrected chi connectivity index (χ1v) is 10.2. The first kappa shape index (κ1) is 19.0.